The van der Waals surface area contributed by atoms with E-state index in [-0.39, 0.29) is 28.0 Å². The largest absolute Gasteiger partial charge is 0.495 e. The van der Waals surface area contributed by atoms with Gasteiger partial charge in [-0.1, -0.05) is 42.3 Å². The molecule has 0 aliphatic rings. The number of carbonyl (C=O) groups is 1. The Morgan fingerprint density at radius 3 is 2.56 bits per heavy atom. The van der Waals surface area contributed by atoms with Crippen molar-refractivity contribution in [2.75, 3.05) is 25.5 Å². The Balaban J connectivity index is 2.26. The first-order chi connectivity index (χ1) is 12.8. The molecular formula is C18H20Cl2N2O4S. The zero-order valence-corrected chi connectivity index (χ0v) is 17.2. The van der Waals surface area contributed by atoms with Gasteiger partial charge in [-0.25, -0.2) is 8.42 Å². The molecule has 0 fully saturated rings. The standard InChI is InChI=1S/C18H20Cl2N2O4S/c1-3-10-22(27(24,25)17-11-13(19)8-9-14(17)20)12-18(23)21-15-6-4-5-7-16(15)26-2/h4-9,11H,3,10,12H2,1-2H3,(H,21,23). The number of hydrogen-bond donors (Lipinski definition) is 1. The van der Waals surface area contributed by atoms with Gasteiger partial charge < -0.3 is 10.1 Å². The summed E-state index contributed by atoms with van der Waals surface area (Å²) in [5.41, 5.74) is 0.458. The van der Waals surface area contributed by atoms with Gasteiger partial charge >= 0.3 is 0 Å². The van der Waals surface area contributed by atoms with Gasteiger partial charge in [0.25, 0.3) is 0 Å². The molecule has 0 saturated carbocycles. The van der Waals surface area contributed by atoms with Gasteiger partial charge in [0, 0.05) is 11.6 Å². The van der Waals surface area contributed by atoms with Crippen molar-refractivity contribution in [1.82, 2.24) is 4.31 Å². The molecule has 0 saturated heterocycles. The molecule has 0 spiro atoms. The Hall–Kier alpha value is -1.80. The third kappa shape index (κ3) is 5.35. The first-order valence-corrected chi connectivity index (χ1v) is 10.4. The van der Waals surface area contributed by atoms with Crippen molar-refractivity contribution >= 4 is 44.8 Å². The van der Waals surface area contributed by atoms with Crippen LogP contribution in [-0.2, 0) is 14.8 Å². The maximum atomic E-state index is 13.0. The summed E-state index contributed by atoms with van der Waals surface area (Å²) in [6, 6.07) is 11.1. The number of anilines is 1. The summed E-state index contributed by atoms with van der Waals surface area (Å²) in [5, 5.41) is 2.96. The third-order valence-corrected chi connectivity index (χ3v) is 6.25. The van der Waals surface area contributed by atoms with Crippen LogP contribution in [0.4, 0.5) is 5.69 Å². The van der Waals surface area contributed by atoms with E-state index in [1.54, 1.807) is 24.3 Å². The van der Waals surface area contributed by atoms with E-state index in [0.717, 1.165) is 4.31 Å². The SMILES string of the molecule is CCCN(CC(=O)Nc1ccccc1OC)S(=O)(=O)c1cc(Cl)ccc1Cl. The third-order valence-electron chi connectivity index (χ3n) is 3.69. The van der Waals surface area contributed by atoms with Crippen LogP contribution in [0.15, 0.2) is 47.4 Å². The lowest BCUT2D eigenvalue weighted by Crippen LogP contribution is -2.38. The first-order valence-electron chi connectivity index (χ1n) is 8.17. The predicted molar refractivity (Wildman–Crippen MR) is 107 cm³/mol. The molecular weight excluding hydrogens is 411 g/mol. The number of hydrogen-bond acceptors (Lipinski definition) is 4. The van der Waals surface area contributed by atoms with Crippen LogP contribution in [-0.4, -0.2) is 38.8 Å². The van der Waals surface area contributed by atoms with E-state index >= 15 is 0 Å². The molecule has 0 unspecified atom stereocenters. The average molecular weight is 431 g/mol. The summed E-state index contributed by atoms with van der Waals surface area (Å²) >= 11 is 12.0. The van der Waals surface area contributed by atoms with Crippen LogP contribution in [0.25, 0.3) is 0 Å². The minimum Gasteiger partial charge on any atom is -0.495 e. The lowest BCUT2D eigenvalue weighted by Gasteiger charge is -2.22. The number of carbonyl (C=O) groups excluding carboxylic acids is 1. The molecule has 0 aliphatic heterocycles. The number of nitrogens with one attached hydrogen (secondary N) is 1. The fraction of sp³-hybridized carbons (Fsp3) is 0.278. The van der Waals surface area contributed by atoms with Gasteiger partial charge in [0.05, 0.1) is 24.4 Å². The van der Waals surface area contributed by atoms with Crippen LogP contribution in [0.1, 0.15) is 13.3 Å². The maximum absolute atomic E-state index is 13.0. The van der Waals surface area contributed by atoms with Crippen LogP contribution in [0.5, 0.6) is 5.75 Å². The number of amides is 1. The fourth-order valence-electron chi connectivity index (χ4n) is 2.45. The molecule has 2 rings (SSSR count). The molecule has 0 heterocycles. The molecule has 0 aliphatic carbocycles. The number of rotatable bonds is 8. The number of benzene rings is 2. The second-order valence-corrected chi connectivity index (χ2v) is 8.41. The first kappa shape index (κ1) is 21.5. The normalized spacial score (nSPS) is 11.4. The van der Waals surface area contributed by atoms with Crippen molar-refractivity contribution in [1.29, 1.82) is 0 Å². The van der Waals surface area contributed by atoms with Crippen LogP contribution >= 0.6 is 23.2 Å². The molecule has 146 valence electrons. The van der Waals surface area contributed by atoms with Crippen LogP contribution < -0.4 is 10.1 Å². The van der Waals surface area contributed by atoms with Crippen LogP contribution in [0, 0.1) is 0 Å². The molecule has 2 aromatic carbocycles. The zero-order chi connectivity index (χ0) is 20.0. The highest BCUT2D eigenvalue weighted by molar-refractivity contribution is 7.89. The van der Waals surface area contributed by atoms with Gasteiger partial charge in [-0.15, -0.1) is 0 Å². The monoisotopic (exact) mass is 430 g/mol. The van der Waals surface area contributed by atoms with E-state index in [1.165, 1.54) is 25.3 Å². The smallest absolute Gasteiger partial charge is 0.245 e. The minimum atomic E-state index is -3.99. The number of methoxy groups -OCH3 is 1. The molecule has 6 nitrogen and oxygen atoms in total. The van der Waals surface area contributed by atoms with Gasteiger partial charge in [0.1, 0.15) is 10.6 Å². The average Bonchev–Trinajstić information content (AvgIpc) is 2.63. The molecule has 2 aromatic rings. The highest BCUT2D eigenvalue weighted by Crippen LogP contribution is 2.28. The van der Waals surface area contributed by atoms with Crippen molar-refractivity contribution in [2.24, 2.45) is 0 Å². The van der Waals surface area contributed by atoms with Crippen molar-refractivity contribution in [2.45, 2.75) is 18.2 Å². The Kier molecular flexibility index (Phi) is 7.49. The number of para-hydroxylation sites is 2. The molecule has 1 amide bonds. The van der Waals surface area contributed by atoms with Crippen molar-refractivity contribution in [3.8, 4) is 5.75 Å². The highest BCUT2D eigenvalue weighted by atomic mass is 35.5. The lowest BCUT2D eigenvalue weighted by atomic mass is 10.3. The number of halogens is 2. The van der Waals surface area contributed by atoms with Gasteiger partial charge in [0.2, 0.25) is 15.9 Å². The van der Waals surface area contributed by atoms with Crippen LogP contribution in [0.2, 0.25) is 10.0 Å². The van der Waals surface area contributed by atoms with E-state index in [0.29, 0.717) is 17.9 Å². The topological polar surface area (TPSA) is 75.7 Å². The summed E-state index contributed by atoms with van der Waals surface area (Å²) in [5.74, 6) is -0.0108. The summed E-state index contributed by atoms with van der Waals surface area (Å²) in [6.07, 6.45) is 0.527. The molecule has 0 bridgehead atoms. The second-order valence-electron chi connectivity index (χ2n) is 5.66. The van der Waals surface area contributed by atoms with Gasteiger partial charge in [-0.3, -0.25) is 4.79 Å². The van der Waals surface area contributed by atoms with Crippen molar-refractivity contribution in [3.63, 3.8) is 0 Å². The summed E-state index contributed by atoms with van der Waals surface area (Å²) < 4.78 is 32.2. The molecule has 27 heavy (non-hydrogen) atoms. The maximum Gasteiger partial charge on any atom is 0.245 e. The highest BCUT2D eigenvalue weighted by Gasteiger charge is 2.28. The fourth-order valence-corrected chi connectivity index (χ4v) is 4.67. The molecule has 0 atom stereocenters. The number of nitrogens with zero attached hydrogens (tertiary/aromatic N) is 1. The van der Waals surface area contributed by atoms with E-state index in [2.05, 4.69) is 5.32 Å². The lowest BCUT2D eigenvalue weighted by molar-refractivity contribution is -0.116. The molecule has 0 radical (unpaired) electrons. The molecule has 9 heteroatoms. The van der Waals surface area contributed by atoms with E-state index in [9.17, 15) is 13.2 Å². The Morgan fingerprint density at radius 2 is 1.89 bits per heavy atom. The van der Waals surface area contributed by atoms with Crippen molar-refractivity contribution < 1.29 is 17.9 Å². The Labute approximate surface area is 169 Å². The van der Waals surface area contributed by atoms with E-state index in [1.807, 2.05) is 6.92 Å². The second kappa shape index (κ2) is 9.41. The summed E-state index contributed by atoms with van der Waals surface area (Å²) in [4.78, 5) is 12.3. The predicted octanol–water partition coefficient (Wildman–Crippen LogP) is 4.04. The summed E-state index contributed by atoms with van der Waals surface area (Å²) in [7, 11) is -2.51. The van der Waals surface area contributed by atoms with Crippen LogP contribution in [0.3, 0.4) is 0 Å². The Bertz CT molecular complexity index is 919. The number of ether oxygens (including phenoxy) is 1. The molecule has 0 aromatic heterocycles. The zero-order valence-electron chi connectivity index (χ0n) is 14.9. The van der Waals surface area contributed by atoms with E-state index < -0.39 is 15.9 Å². The molecule has 1 N–H and O–H groups in total. The Morgan fingerprint density at radius 1 is 1.19 bits per heavy atom. The van der Waals surface area contributed by atoms with Gasteiger partial charge in [-0.2, -0.15) is 4.31 Å². The quantitative estimate of drug-likeness (QED) is 0.685. The number of sulfonamides is 1. The van der Waals surface area contributed by atoms with Crippen molar-refractivity contribution in [3.05, 3.63) is 52.5 Å². The minimum absolute atomic E-state index is 0.0469. The van der Waals surface area contributed by atoms with E-state index in [4.69, 9.17) is 27.9 Å². The van der Waals surface area contributed by atoms with Gasteiger partial charge in [0.15, 0.2) is 0 Å². The summed E-state index contributed by atoms with van der Waals surface area (Å²) in [6.45, 7) is 1.61. The van der Waals surface area contributed by atoms with Gasteiger partial charge in [-0.05, 0) is 36.8 Å².